The van der Waals surface area contributed by atoms with Crippen molar-refractivity contribution in [3.05, 3.63) is 24.3 Å². The molecule has 2 saturated carbocycles. The minimum atomic E-state index is 0.0817. The molecule has 1 N–H and O–H groups in total. The van der Waals surface area contributed by atoms with Gasteiger partial charge in [0.15, 0.2) is 0 Å². The van der Waals surface area contributed by atoms with Crippen LogP contribution < -0.4 is 5.32 Å². The van der Waals surface area contributed by atoms with E-state index in [1.165, 1.54) is 19.2 Å². The largest absolute Gasteiger partial charge is 0.352 e. The van der Waals surface area contributed by atoms with Gasteiger partial charge in [0.05, 0.1) is 12.1 Å². The third-order valence-corrected chi connectivity index (χ3v) is 6.11. The summed E-state index contributed by atoms with van der Waals surface area (Å²) >= 11 is 0. The summed E-state index contributed by atoms with van der Waals surface area (Å²) < 4.78 is 0. The molecule has 1 heterocycles. The molecular weight excluding hydrogens is 250 g/mol. The lowest BCUT2D eigenvalue weighted by Crippen LogP contribution is -2.47. The van der Waals surface area contributed by atoms with Crippen LogP contribution in [0.2, 0.25) is 0 Å². The molecule has 3 atom stereocenters. The Balaban J connectivity index is 1.66. The summed E-state index contributed by atoms with van der Waals surface area (Å²) in [6.07, 6.45) is 7.17. The molecule has 0 spiro atoms. The van der Waals surface area contributed by atoms with Crippen LogP contribution in [0.15, 0.2) is 18.6 Å². The van der Waals surface area contributed by atoms with Crippen molar-refractivity contribution in [2.24, 2.45) is 16.7 Å². The number of hydrogen-bond acceptors (Lipinski definition) is 3. The summed E-state index contributed by atoms with van der Waals surface area (Å²) in [7, 11) is 0. The lowest BCUT2D eigenvalue weighted by molar-refractivity contribution is -0.122. The maximum atomic E-state index is 12.2. The molecule has 1 amide bonds. The number of nitrogens with zero attached hydrogens (tertiary/aromatic N) is 2. The quantitative estimate of drug-likeness (QED) is 0.919. The zero-order valence-corrected chi connectivity index (χ0v) is 12.5. The summed E-state index contributed by atoms with van der Waals surface area (Å²) in [5, 5.41) is 3.26. The van der Waals surface area contributed by atoms with Gasteiger partial charge in [0.1, 0.15) is 6.33 Å². The van der Waals surface area contributed by atoms with Crippen molar-refractivity contribution >= 4 is 5.91 Å². The number of rotatable bonds is 3. The summed E-state index contributed by atoms with van der Waals surface area (Å²) in [6, 6.07) is 2.11. The van der Waals surface area contributed by atoms with Crippen molar-refractivity contribution in [2.45, 2.75) is 52.5 Å². The van der Waals surface area contributed by atoms with Gasteiger partial charge < -0.3 is 5.32 Å². The Morgan fingerprint density at radius 2 is 2.25 bits per heavy atom. The lowest BCUT2D eigenvalue weighted by Gasteiger charge is -2.39. The maximum absolute atomic E-state index is 12.2. The fourth-order valence-corrected chi connectivity index (χ4v) is 4.25. The van der Waals surface area contributed by atoms with Gasteiger partial charge in [-0.05, 0) is 42.1 Å². The number of aromatic nitrogens is 2. The minimum Gasteiger partial charge on any atom is -0.352 e. The summed E-state index contributed by atoms with van der Waals surface area (Å²) in [5.41, 5.74) is 1.35. The number of hydrogen-bond donors (Lipinski definition) is 1. The van der Waals surface area contributed by atoms with Gasteiger partial charge >= 0.3 is 0 Å². The Hall–Kier alpha value is -1.45. The van der Waals surface area contributed by atoms with Crippen molar-refractivity contribution in [3.8, 4) is 0 Å². The van der Waals surface area contributed by atoms with E-state index >= 15 is 0 Å². The van der Waals surface area contributed by atoms with Gasteiger partial charge in [-0.15, -0.1) is 0 Å². The molecule has 2 aliphatic rings. The Morgan fingerprint density at radius 1 is 1.45 bits per heavy atom. The summed E-state index contributed by atoms with van der Waals surface area (Å²) in [5.74, 6) is 0.829. The number of nitrogens with one attached hydrogen (secondary N) is 1. The van der Waals surface area contributed by atoms with Crippen molar-refractivity contribution < 1.29 is 4.79 Å². The van der Waals surface area contributed by atoms with Crippen LogP contribution in [0, 0.1) is 16.7 Å². The minimum absolute atomic E-state index is 0.0817. The van der Waals surface area contributed by atoms with Crippen molar-refractivity contribution in [2.75, 3.05) is 0 Å². The van der Waals surface area contributed by atoms with Gasteiger partial charge in [0.25, 0.3) is 0 Å². The molecule has 2 aliphatic carbocycles. The van der Waals surface area contributed by atoms with Gasteiger partial charge in [-0.25, -0.2) is 9.97 Å². The Labute approximate surface area is 120 Å². The first-order valence-electron chi connectivity index (χ1n) is 7.48. The first kappa shape index (κ1) is 13.5. The van der Waals surface area contributed by atoms with Crippen LogP contribution in [0.4, 0.5) is 0 Å². The van der Waals surface area contributed by atoms with Gasteiger partial charge in [0, 0.05) is 12.2 Å². The van der Waals surface area contributed by atoms with Crippen LogP contribution in [0.5, 0.6) is 0 Å². The SMILES string of the molecule is CC1(C)C2CCC1(C)C(NC(=O)Cc1ccncn1)C2. The third-order valence-electron chi connectivity index (χ3n) is 6.11. The van der Waals surface area contributed by atoms with Crippen LogP contribution >= 0.6 is 0 Å². The normalized spacial score (nSPS) is 34.1. The molecule has 2 fully saturated rings. The monoisotopic (exact) mass is 273 g/mol. The van der Waals surface area contributed by atoms with Crippen molar-refractivity contribution in [3.63, 3.8) is 0 Å². The standard InChI is InChI=1S/C16H23N3O/c1-15(2)11-4-6-16(15,3)13(8-11)19-14(20)9-12-5-7-17-10-18-12/h5,7,10-11,13H,4,6,8-9H2,1-3H3,(H,19,20). The smallest absolute Gasteiger partial charge is 0.226 e. The molecule has 4 nitrogen and oxygen atoms in total. The van der Waals surface area contributed by atoms with Crippen molar-refractivity contribution in [1.82, 2.24) is 15.3 Å². The van der Waals surface area contributed by atoms with Crippen LogP contribution in [0.25, 0.3) is 0 Å². The highest BCUT2D eigenvalue weighted by Crippen LogP contribution is 2.65. The highest BCUT2D eigenvalue weighted by atomic mass is 16.1. The second-order valence-electron chi connectivity index (χ2n) is 7.11. The van der Waals surface area contributed by atoms with Crippen LogP contribution in [0.1, 0.15) is 45.7 Å². The van der Waals surface area contributed by atoms with E-state index in [0.29, 0.717) is 17.9 Å². The highest BCUT2D eigenvalue weighted by molar-refractivity contribution is 5.78. The molecule has 3 rings (SSSR count). The summed E-state index contributed by atoms with van der Waals surface area (Å²) in [6.45, 7) is 7.07. The molecule has 0 radical (unpaired) electrons. The molecule has 2 bridgehead atoms. The fourth-order valence-electron chi connectivity index (χ4n) is 4.25. The zero-order valence-electron chi connectivity index (χ0n) is 12.5. The topological polar surface area (TPSA) is 54.9 Å². The van der Waals surface area contributed by atoms with E-state index in [-0.39, 0.29) is 11.3 Å². The number of carbonyl (C=O) groups excluding carboxylic acids is 1. The van der Waals surface area contributed by atoms with Crippen LogP contribution in [-0.2, 0) is 11.2 Å². The Morgan fingerprint density at radius 3 is 2.80 bits per heavy atom. The van der Waals surface area contributed by atoms with Gasteiger partial charge in [-0.1, -0.05) is 20.8 Å². The molecule has 0 aliphatic heterocycles. The summed E-state index contributed by atoms with van der Waals surface area (Å²) in [4.78, 5) is 20.2. The van der Waals surface area contributed by atoms with E-state index in [1.54, 1.807) is 12.3 Å². The molecule has 108 valence electrons. The molecular formula is C16H23N3O. The lowest BCUT2D eigenvalue weighted by atomic mass is 9.69. The molecule has 20 heavy (non-hydrogen) atoms. The van der Waals surface area contributed by atoms with E-state index in [2.05, 4.69) is 36.1 Å². The number of fused-ring (bicyclic) bond motifs is 2. The Kier molecular flexibility index (Phi) is 3.07. The van der Waals surface area contributed by atoms with Gasteiger partial charge in [-0.2, -0.15) is 0 Å². The van der Waals surface area contributed by atoms with Crippen molar-refractivity contribution in [1.29, 1.82) is 0 Å². The maximum Gasteiger partial charge on any atom is 0.226 e. The average Bonchev–Trinajstić information content (AvgIpc) is 2.73. The third kappa shape index (κ3) is 1.93. The predicted molar refractivity (Wildman–Crippen MR) is 76.9 cm³/mol. The molecule has 3 unspecified atom stereocenters. The highest BCUT2D eigenvalue weighted by Gasteiger charge is 2.61. The van der Waals surface area contributed by atoms with E-state index in [0.717, 1.165) is 18.0 Å². The zero-order chi connectivity index (χ0) is 14.4. The number of amides is 1. The molecule has 0 saturated heterocycles. The van der Waals surface area contributed by atoms with E-state index in [4.69, 9.17) is 0 Å². The molecule has 4 heteroatoms. The van der Waals surface area contributed by atoms with E-state index < -0.39 is 0 Å². The predicted octanol–water partition coefficient (Wildman–Crippen LogP) is 2.35. The fraction of sp³-hybridized carbons (Fsp3) is 0.688. The Bertz CT molecular complexity index is 514. The molecule has 1 aromatic heterocycles. The molecule has 1 aromatic rings. The van der Waals surface area contributed by atoms with Crippen LogP contribution in [-0.4, -0.2) is 21.9 Å². The average molecular weight is 273 g/mol. The van der Waals surface area contributed by atoms with Crippen LogP contribution in [0.3, 0.4) is 0 Å². The van der Waals surface area contributed by atoms with Gasteiger partial charge in [0.2, 0.25) is 5.91 Å². The second-order valence-corrected chi connectivity index (χ2v) is 7.11. The number of carbonyl (C=O) groups is 1. The first-order valence-corrected chi connectivity index (χ1v) is 7.48. The van der Waals surface area contributed by atoms with Gasteiger partial charge in [-0.3, -0.25) is 4.79 Å². The molecule has 0 aromatic carbocycles. The second kappa shape index (κ2) is 4.54. The van der Waals surface area contributed by atoms with E-state index in [1.807, 2.05) is 0 Å². The van der Waals surface area contributed by atoms with E-state index in [9.17, 15) is 4.79 Å². The first-order chi connectivity index (χ1) is 9.43.